The van der Waals surface area contributed by atoms with E-state index in [1.807, 2.05) is 6.08 Å². The molecule has 0 N–H and O–H groups in total. The first-order valence-corrected chi connectivity index (χ1v) is 3.50. The Kier molecular flexibility index (Phi) is 2.27. The monoisotopic (exact) mass is 132 g/mol. The van der Waals surface area contributed by atoms with E-state index >= 15 is 0 Å². The van der Waals surface area contributed by atoms with Gasteiger partial charge in [0.1, 0.15) is 0 Å². The molecule has 0 nitrogen and oxygen atoms in total. The lowest BCUT2D eigenvalue weighted by Gasteiger charge is -1.92. The first-order valence-electron chi connectivity index (χ1n) is 3.50. The summed E-state index contributed by atoms with van der Waals surface area (Å²) in [5.74, 6) is 0. The zero-order valence-electron chi connectivity index (χ0n) is 6.30. The summed E-state index contributed by atoms with van der Waals surface area (Å²) in [6.07, 6.45) is 11.3. The third kappa shape index (κ3) is 1.47. The Bertz CT molecular complexity index is 214. The molecule has 1 aliphatic rings. The van der Waals surface area contributed by atoms with Crippen molar-refractivity contribution in [3.05, 3.63) is 48.1 Å². The largest absolute Gasteiger partial charge is 0.0991 e. The lowest BCUT2D eigenvalue weighted by atomic mass is 10.1. The summed E-state index contributed by atoms with van der Waals surface area (Å²) in [7, 11) is 0. The van der Waals surface area contributed by atoms with Gasteiger partial charge in [-0.2, -0.15) is 0 Å². The zero-order chi connectivity index (χ0) is 7.40. The maximum atomic E-state index is 3.62. The SMILES string of the molecule is C=C/C=C\C1=C(C)C=CC1. The summed E-state index contributed by atoms with van der Waals surface area (Å²) < 4.78 is 0. The third-order valence-electron chi connectivity index (χ3n) is 1.65. The minimum atomic E-state index is 1.08. The molecule has 0 fully saturated rings. The maximum Gasteiger partial charge on any atom is -0.00916 e. The van der Waals surface area contributed by atoms with Crippen LogP contribution < -0.4 is 0 Å². The van der Waals surface area contributed by atoms with Crippen molar-refractivity contribution in [2.24, 2.45) is 0 Å². The van der Waals surface area contributed by atoms with Crippen molar-refractivity contribution in [2.75, 3.05) is 0 Å². The van der Waals surface area contributed by atoms with Gasteiger partial charge in [-0.25, -0.2) is 0 Å². The highest BCUT2D eigenvalue weighted by Gasteiger charge is 1.98. The molecule has 0 aromatic carbocycles. The van der Waals surface area contributed by atoms with E-state index in [2.05, 4.69) is 31.7 Å². The van der Waals surface area contributed by atoms with Crippen molar-refractivity contribution < 1.29 is 0 Å². The van der Waals surface area contributed by atoms with Crippen LogP contribution in [0.15, 0.2) is 48.1 Å². The highest BCUT2D eigenvalue weighted by Crippen LogP contribution is 2.18. The van der Waals surface area contributed by atoms with E-state index in [1.165, 1.54) is 11.1 Å². The van der Waals surface area contributed by atoms with Crippen LogP contribution in [0.4, 0.5) is 0 Å². The molecule has 0 aromatic rings. The Morgan fingerprint density at radius 2 is 2.40 bits per heavy atom. The van der Waals surface area contributed by atoms with Gasteiger partial charge in [-0.3, -0.25) is 0 Å². The molecule has 0 radical (unpaired) electrons. The standard InChI is InChI=1S/C10H12/c1-3-4-7-10-8-5-6-9(10)2/h3-7H,1,8H2,2H3/b7-4-. The van der Waals surface area contributed by atoms with Gasteiger partial charge >= 0.3 is 0 Å². The molecular formula is C10H12. The summed E-state index contributed by atoms with van der Waals surface area (Å²) >= 11 is 0. The molecule has 0 aliphatic heterocycles. The summed E-state index contributed by atoms with van der Waals surface area (Å²) in [5, 5.41) is 0. The Balaban J connectivity index is 2.67. The second kappa shape index (κ2) is 3.21. The fraction of sp³-hybridized carbons (Fsp3) is 0.200. The first-order chi connectivity index (χ1) is 4.84. The average Bonchev–Trinajstić information content (AvgIpc) is 2.31. The minimum Gasteiger partial charge on any atom is -0.0991 e. The van der Waals surface area contributed by atoms with Crippen molar-refractivity contribution in [3.63, 3.8) is 0 Å². The predicted octanol–water partition coefficient (Wildman–Crippen LogP) is 3.01. The fourth-order valence-corrected chi connectivity index (χ4v) is 1.01. The van der Waals surface area contributed by atoms with Crippen LogP contribution in [0.3, 0.4) is 0 Å². The van der Waals surface area contributed by atoms with E-state index in [0.717, 1.165) is 6.42 Å². The molecule has 0 unspecified atom stereocenters. The topological polar surface area (TPSA) is 0 Å². The van der Waals surface area contributed by atoms with Crippen LogP contribution in [0.5, 0.6) is 0 Å². The molecule has 0 amide bonds. The van der Waals surface area contributed by atoms with E-state index in [9.17, 15) is 0 Å². The van der Waals surface area contributed by atoms with Gasteiger partial charge in [0.2, 0.25) is 0 Å². The second-order valence-electron chi connectivity index (χ2n) is 2.41. The molecule has 0 saturated heterocycles. The molecule has 1 aliphatic carbocycles. The lowest BCUT2D eigenvalue weighted by Crippen LogP contribution is -1.72. The average molecular weight is 132 g/mol. The van der Waals surface area contributed by atoms with Crippen molar-refractivity contribution in [3.8, 4) is 0 Å². The van der Waals surface area contributed by atoms with Gasteiger partial charge in [-0.15, -0.1) is 0 Å². The van der Waals surface area contributed by atoms with Gasteiger partial charge in [0, 0.05) is 0 Å². The maximum absolute atomic E-state index is 3.62. The van der Waals surface area contributed by atoms with Gasteiger partial charge in [-0.1, -0.05) is 37.0 Å². The van der Waals surface area contributed by atoms with Crippen LogP contribution in [0.2, 0.25) is 0 Å². The van der Waals surface area contributed by atoms with E-state index < -0.39 is 0 Å². The van der Waals surface area contributed by atoms with E-state index in [-0.39, 0.29) is 0 Å². The lowest BCUT2D eigenvalue weighted by molar-refractivity contribution is 1.30. The normalized spacial score (nSPS) is 17.3. The number of hydrogen-bond acceptors (Lipinski definition) is 0. The number of allylic oxidation sites excluding steroid dienone is 7. The summed E-state index contributed by atoms with van der Waals surface area (Å²) in [6, 6.07) is 0. The summed E-state index contributed by atoms with van der Waals surface area (Å²) in [6.45, 7) is 5.75. The molecular weight excluding hydrogens is 120 g/mol. The van der Waals surface area contributed by atoms with Crippen molar-refractivity contribution in [1.82, 2.24) is 0 Å². The van der Waals surface area contributed by atoms with Crippen LogP contribution >= 0.6 is 0 Å². The molecule has 0 heteroatoms. The molecule has 10 heavy (non-hydrogen) atoms. The quantitative estimate of drug-likeness (QED) is 0.507. The molecule has 0 bridgehead atoms. The van der Waals surface area contributed by atoms with Crippen LogP contribution in [-0.4, -0.2) is 0 Å². The van der Waals surface area contributed by atoms with Crippen molar-refractivity contribution >= 4 is 0 Å². The Labute approximate surface area is 62.3 Å². The van der Waals surface area contributed by atoms with Crippen molar-refractivity contribution in [2.45, 2.75) is 13.3 Å². The van der Waals surface area contributed by atoms with Gasteiger partial charge in [0.15, 0.2) is 0 Å². The van der Waals surface area contributed by atoms with Gasteiger partial charge in [-0.05, 0) is 24.5 Å². The minimum absolute atomic E-state index is 1.08. The van der Waals surface area contributed by atoms with E-state index in [1.54, 1.807) is 6.08 Å². The Morgan fingerprint density at radius 1 is 1.60 bits per heavy atom. The van der Waals surface area contributed by atoms with Gasteiger partial charge in [0.25, 0.3) is 0 Å². The summed E-state index contributed by atoms with van der Waals surface area (Å²) in [5.41, 5.74) is 2.78. The summed E-state index contributed by atoms with van der Waals surface area (Å²) in [4.78, 5) is 0. The van der Waals surface area contributed by atoms with Crippen molar-refractivity contribution in [1.29, 1.82) is 0 Å². The predicted molar refractivity (Wildman–Crippen MR) is 45.8 cm³/mol. The fourth-order valence-electron chi connectivity index (χ4n) is 1.01. The third-order valence-corrected chi connectivity index (χ3v) is 1.65. The number of hydrogen-bond donors (Lipinski definition) is 0. The second-order valence-corrected chi connectivity index (χ2v) is 2.41. The Morgan fingerprint density at radius 3 is 2.90 bits per heavy atom. The van der Waals surface area contributed by atoms with Crippen LogP contribution in [0.25, 0.3) is 0 Å². The highest BCUT2D eigenvalue weighted by molar-refractivity contribution is 5.39. The molecule has 0 heterocycles. The molecule has 0 atom stereocenters. The number of rotatable bonds is 2. The highest BCUT2D eigenvalue weighted by atomic mass is 14.0. The van der Waals surface area contributed by atoms with E-state index in [0.29, 0.717) is 0 Å². The molecule has 0 aromatic heterocycles. The molecule has 0 spiro atoms. The van der Waals surface area contributed by atoms with Crippen LogP contribution in [0, 0.1) is 0 Å². The van der Waals surface area contributed by atoms with E-state index in [4.69, 9.17) is 0 Å². The Hall–Kier alpha value is -1.04. The first kappa shape index (κ1) is 7.07. The molecule has 0 saturated carbocycles. The molecule has 1 rings (SSSR count). The van der Waals surface area contributed by atoms with Gasteiger partial charge in [0.05, 0.1) is 0 Å². The van der Waals surface area contributed by atoms with Crippen LogP contribution in [-0.2, 0) is 0 Å². The molecule has 52 valence electrons. The smallest absolute Gasteiger partial charge is 0.00916 e. The van der Waals surface area contributed by atoms with Crippen LogP contribution in [0.1, 0.15) is 13.3 Å². The van der Waals surface area contributed by atoms with Gasteiger partial charge < -0.3 is 0 Å². The zero-order valence-corrected chi connectivity index (χ0v) is 6.30.